The van der Waals surface area contributed by atoms with Gasteiger partial charge < -0.3 is 4.74 Å². The van der Waals surface area contributed by atoms with E-state index in [1.165, 1.54) is 0 Å². The highest BCUT2D eigenvalue weighted by molar-refractivity contribution is 6.32. The lowest BCUT2D eigenvalue weighted by molar-refractivity contribution is 0.111. The topological polar surface area (TPSA) is 26.3 Å². The van der Waals surface area contributed by atoms with E-state index in [0.717, 1.165) is 25.0 Å². The van der Waals surface area contributed by atoms with Gasteiger partial charge in [-0.05, 0) is 25.0 Å². The summed E-state index contributed by atoms with van der Waals surface area (Å²) in [4.78, 5) is 10.6. The molecule has 0 amide bonds. The minimum Gasteiger partial charge on any atom is -0.488 e. The van der Waals surface area contributed by atoms with Crippen LogP contribution in [0.4, 0.5) is 4.39 Å². The lowest BCUT2D eigenvalue weighted by Gasteiger charge is -2.08. The second kappa shape index (κ2) is 3.58. The highest BCUT2D eigenvalue weighted by Gasteiger charge is 2.26. The van der Waals surface area contributed by atoms with Crippen molar-refractivity contribution in [3.63, 3.8) is 0 Å². The van der Waals surface area contributed by atoms with Crippen molar-refractivity contribution in [2.24, 2.45) is 0 Å². The summed E-state index contributed by atoms with van der Waals surface area (Å²) in [5.41, 5.74) is 0.168. The lowest BCUT2D eigenvalue weighted by Crippen LogP contribution is -2.00. The highest BCUT2D eigenvalue weighted by atomic mass is 35.5. The maximum Gasteiger partial charge on any atom is 0.153 e. The van der Waals surface area contributed by atoms with Gasteiger partial charge >= 0.3 is 0 Å². The number of benzene rings is 1. The van der Waals surface area contributed by atoms with Crippen molar-refractivity contribution >= 4 is 17.9 Å². The zero-order valence-corrected chi connectivity index (χ0v) is 8.05. The van der Waals surface area contributed by atoms with Crippen molar-refractivity contribution in [1.29, 1.82) is 0 Å². The molecule has 0 spiro atoms. The van der Waals surface area contributed by atoms with Gasteiger partial charge in [-0.2, -0.15) is 0 Å². The van der Waals surface area contributed by atoms with Crippen LogP contribution in [0.1, 0.15) is 23.2 Å². The first kappa shape index (κ1) is 9.46. The Morgan fingerprint density at radius 2 is 2.21 bits per heavy atom. The molecule has 1 aromatic carbocycles. The van der Waals surface area contributed by atoms with E-state index in [1.807, 2.05) is 0 Å². The molecular weight excluding hydrogens is 207 g/mol. The van der Waals surface area contributed by atoms with E-state index in [1.54, 1.807) is 0 Å². The third-order valence-corrected chi connectivity index (χ3v) is 2.25. The molecule has 74 valence electrons. The van der Waals surface area contributed by atoms with E-state index in [9.17, 15) is 9.18 Å². The van der Waals surface area contributed by atoms with Gasteiger partial charge in [0.2, 0.25) is 0 Å². The van der Waals surface area contributed by atoms with Gasteiger partial charge in [0.25, 0.3) is 0 Å². The molecule has 0 atom stereocenters. The lowest BCUT2D eigenvalue weighted by atomic mass is 10.2. The van der Waals surface area contributed by atoms with Gasteiger partial charge in [0.05, 0.1) is 16.7 Å². The minimum absolute atomic E-state index is 0.136. The second-order valence-corrected chi connectivity index (χ2v) is 3.65. The molecule has 0 heterocycles. The summed E-state index contributed by atoms with van der Waals surface area (Å²) < 4.78 is 18.3. The van der Waals surface area contributed by atoms with Crippen LogP contribution in [0.25, 0.3) is 0 Å². The monoisotopic (exact) mass is 214 g/mol. The molecule has 0 N–H and O–H groups in total. The van der Waals surface area contributed by atoms with E-state index < -0.39 is 5.82 Å². The highest BCUT2D eigenvalue weighted by Crippen LogP contribution is 2.34. The smallest absolute Gasteiger partial charge is 0.153 e. The number of rotatable bonds is 3. The predicted molar refractivity (Wildman–Crippen MR) is 50.4 cm³/mol. The molecule has 14 heavy (non-hydrogen) atoms. The summed E-state index contributed by atoms with van der Waals surface area (Å²) in [6.45, 7) is 0. The van der Waals surface area contributed by atoms with E-state index in [0.29, 0.717) is 12.0 Å². The van der Waals surface area contributed by atoms with Crippen LogP contribution in [-0.2, 0) is 0 Å². The summed E-state index contributed by atoms with van der Waals surface area (Å²) in [5, 5.41) is 0.152. The van der Waals surface area contributed by atoms with Crippen LogP contribution in [0.5, 0.6) is 5.75 Å². The number of halogens is 2. The standard InChI is InChI=1S/C10H8ClFO2/c11-9-4-7(12)3-6(5-13)10(9)14-8-1-2-8/h3-5,8H,1-2H2. The first-order chi connectivity index (χ1) is 6.70. The van der Waals surface area contributed by atoms with Gasteiger partial charge in [0.15, 0.2) is 6.29 Å². The number of carbonyl (C=O) groups is 1. The maximum atomic E-state index is 12.8. The van der Waals surface area contributed by atoms with Crippen LogP contribution in [0.3, 0.4) is 0 Å². The van der Waals surface area contributed by atoms with E-state index >= 15 is 0 Å². The van der Waals surface area contributed by atoms with Crippen LogP contribution < -0.4 is 4.74 Å². The van der Waals surface area contributed by atoms with Crippen molar-refractivity contribution < 1.29 is 13.9 Å². The van der Waals surface area contributed by atoms with E-state index in [4.69, 9.17) is 16.3 Å². The van der Waals surface area contributed by atoms with Crippen LogP contribution in [-0.4, -0.2) is 12.4 Å². The molecule has 1 aromatic rings. The summed E-state index contributed by atoms with van der Waals surface area (Å²) in [6.07, 6.45) is 2.61. The van der Waals surface area contributed by atoms with Crippen molar-refractivity contribution in [3.05, 3.63) is 28.5 Å². The number of ether oxygens (including phenoxy) is 1. The average molecular weight is 215 g/mol. The first-order valence-corrected chi connectivity index (χ1v) is 4.69. The van der Waals surface area contributed by atoms with Gasteiger partial charge in [-0.15, -0.1) is 0 Å². The fourth-order valence-electron chi connectivity index (χ4n) is 1.14. The van der Waals surface area contributed by atoms with Gasteiger partial charge in [-0.25, -0.2) is 4.39 Å². The SMILES string of the molecule is O=Cc1cc(F)cc(Cl)c1OC1CC1. The normalized spacial score (nSPS) is 15.3. The van der Waals surface area contributed by atoms with Gasteiger partial charge in [0, 0.05) is 0 Å². The zero-order valence-electron chi connectivity index (χ0n) is 7.30. The molecule has 0 aromatic heterocycles. The number of aldehydes is 1. The van der Waals surface area contributed by atoms with Crippen molar-refractivity contribution in [2.75, 3.05) is 0 Å². The fraction of sp³-hybridized carbons (Fsp3) is 0.300. The molecule has 0 unspecified atom stereocenters. The molecule has 1 aliphatic rings. The van der Waals surface area contributed by atoms with Gasteiger partial charge in [-0.3, -0.25) is 4.79 Å². The Bertz CT molecular complexity index is 375. The average Bonchev–Trinajstić information content (AvgIpc) is 2.93. The zero-order chi connectivity index (χ0) is 10.1. The summed E-state index contributed by atoms with van der Waals surface area (Å²) in [6, 6.07) is 2.27. The molecule has 0 bridgehead atoms. The molecule has 2 nitrogen and oxygen atoms in total. The fourth-order valence-corrected chi connectivity index (χ4v) is 1.40. The summed E-state index contributed by atoms with van der Waals surface area (Å²) in [5.74, 6) is -0.231. The van der Waals surface area contributed by atoms with E-state index in [-0.39, 0.29) is 16.7 Å². The quantitative estimate of drug-likeness (QED) is 0.724. The van der Waals surface area contributed by atoms with Gasteiger partial charge in [-0.1, -0.05) is 11.6 Å². The van der Waals surface area contributed by atoms with Crippen molar-refractivity contribution in [2.45, 2.75) is 18.9 Å². The third-order valence-electron chi connectivity index (χ3n) is 1.97. The Labute approximate surface area is 85.6 Å². The van der Waals surface area contributed by atoms with Crippen molar-refractivity contribution in [3.8, 4) is 5.75 Å². The van der Waals surface area contributed by atoms with Crippen LogP contribution >= 0.6 is 11.6 Å². The largest absolute Gasteiger partial charge is 0.488 e. The Balaban J connectivity index is 2.38. The Morgan fingerprint density at radius 1 is 1.50 bits per heavy atom. The number of hydrogen-bond donors (Lipinski definition) is 0. The molecule has 1 saturated carbocycles. The molecule has 0 aliphatic heterocycles. The van der Waals surface area contributed by atoms with Gasteiger partial charge in [0.1, 0.15) is 11.6 Å². The Morgan fingerprint density at radius 3 is 2.79 bits per heavy atom. The molecule has 4 heteroatoms. The molecule has 1 fully saturated rings. The molecular formula is C10H8ClFO2. The molecule has 0 saturated heterocycles. The van der Waals surface area contributed by atoms with Crippen LogP contribution in [0.15, 0.2) is 12.1 Å². The first-order valence-electron chi connectivity index (χ1n) is 4.31. The third kappa shape index (κ3) is 1.87. The molecule has 0 radical (unpaired) electrons. The van der Waals surface area contributed by atoms with Crippen LogP contribution in [0, 0.1) is 5.82 Å². The second-order valence-electron chi connectivity index (χ2n) is 3.24. The predicted octanol–water partition coefficient (Wildman–Crippen LogP) is 2.83. The summed E-state index contributed by atoms with van der Waals surface area (Å²) >= 11 is 5.76. The summed E-state index contributed by atoms with van der Waals surface area (Å²) in [7, 11) is 0. The Kier molecular flexibility index (Phi) is 2.42. The van der Waals surface area contributed by atoms with E-state index in [2.05, 4.69) is 0 Å². The minimum atomic E-state index is -0.528. The number of hydrogen-bond acceptors (Lipinski definition) is 2. The molecule has 2 rings (SSSR count). The maximum absolute atomic E-state index is 12.8. The van der Waals surface area contributed by atoms with Crippen LogP contribution in [0.2, 0.25) is 5.02 Å². The Hall–Kier alpha value is -1.09. The van der Waals surface area contributed by atoms with Crippen molar-refractivity contribution in [1.82, 2.24) is 0 Å². The number of carbonyl (C=O) groups excluding carboxylic acids is 1. The molecule has 1 aliphatic carbocycles.